The number of aromatic nitrogens is 1. The number of rotatable bonds is 5. The Hall–Kier alpha value is -1.19. The molecular formula is C10H15F2IN4O. The third-order valence-electron chi connectivity index (χ3n) is 1.90. The van der Waals surface area contributed by atoms with Gasteiger partial charge in [-0.1, -0.05) is 6.07 Å². The molecule has 5 nitrogen and oxygen atoms in total. The van der Waals surface area contributed by atoms with E-state index in [4.69, 9.17) is 10.5 Å². The summed E-state index contributed by atoms with van der Waals surface area (Å²) < 4.78 is 28.9. The number of nitrogens with one attached hydrogen (secondary N) is 1. The smallest absolute Gasteiger partial charge is 0.272 e. The Kier molecular flexibility index (Phi) is 8.25. The number of pyridine rings is 1. The molecule has 0 saturated heterocycles. The Morgan fingerprint density at radius 2 is 2.33 bits per heavy atom. The molecule has 0 aliphatic carbocycles. The van der Waals surface area contributed by atoms with E-state index < -0.39 is 13.0 Å². The zero-order chi connectivity index (χ0) is 12.7. The van der Waals surface area contributed by atoms with Crippen LogP contribution in [0.3, 0.4) is 0 Å². The van der Waals surface area contributed by atoms with Crippen molar-refractivity contribution in [3.63, 3.8) is 0 Å². The van der Waals surface area contributed by atoms with Crippen molar-refractivity contribution in [1.82, 2.24) is 10.3 Å². The molecule has 0 bridgehead atoms. The van der Waals surface area contributed by atoms with Crippen LogP contribution < -0.4 is 15.8 Å². The lowest BCUT2D eigenvalue weighted by atomic mass is 10.2. The summed E-state index contributed by atoms with van der Waals surface area (Å²) in [7, 11) is 1.54. The van der Waals surface area contributed by atoms with Crippen LogP contribution in [0.1, 0.15) is 5.56 Å². The van der Waals surface area contributed by atoms with Crippen LogP contribution in [0.4, 0.5) is 8.78 Å². The minimum atomic E-state index is -2.53. The quantitative estimate of drug-likeness (QED) is 0.466. The van der Waals surface area contributed by atoms with Crippen LogP contribution in [-0.2, 0) is 6.54 Å². The first kappa shape index (κ1) is 16.8. The highest BCUT2D eigenvalue weighted by atomic mass is 127. The molecule has 0 radical (unpaired) electrons. The van der Waals surface area contributed by atoms with Crippen LogP contribution in [0.25, 0.3) is 0 Å². The third kappa shape index (κ3) is 5.94. The number of guanidine groups is 1. The van der Waals surface area contributed by atoms with Gasteiger partial charge < -0.3 is 15.8 Å². The Balaban J connectivity index is 0.00000289. The predicted molar refractivity (Wildman–Crippen MR) is 75.5 cm³/mol. The van der Waals surface area contributed by atoms with E-state index in [2.05, 4.69) is 15.3 Å². The molecule has 1 aromatic rings. The van der Waals surface area contributed by atoms with E-state index in [1.807, 2.05) is 0 Å². The van der Waals surface area contributed by atoms with Gasteiger partial charge in [0.25, 0.3) is 6.43 Å². The average molecular weight is 372 g/mol. The number of aliphatic imine (C=N–C) groups is 1. The summed E-state index contributed by atoms with van der Waals surface area (Å²) in [5.74, 6) is 0.429. The summed E-state index contributed by atoms with van der Waals surface area (Å²) in [5, 5.41) is 2.80. The lowest BCUT2D eigenvalue weighted by Crippen LogP contribution is -2.31. The van der Waals surface area contributed by atoms with Crippen LogP contribution in [0.2, 0.25) is 0 Å². The van der Waals surface area contributed by atoms with Crippen molar-refractivity contribution in [2.45, 2.75) is 13.0 Å². The number of ether oxygens (including phenoxy) is 1. The van der Waals surface area contributed by atoms with Gasteiger partial charge in [-0.25, -0.2) is 13.8 Å². The van der Waals surface area contributed by atoms with Crippen molar-refractivity contribution in [1.29, 1.82) is 0 Å². The SMILES string of the molecule is CN=C(N)NCc1cccnc1OCC(F)F.I. The molecule has 1 aromatic heterocycles. The van der Waals surface area contributed by atoms with Crippen molar-refractivity contribution < 1.29 is 13.5 Å². The second-order valence-electron chi connectivity index (χ2n) is 3.13. The number of hydrogen-bond acceptors (Lipinski definition) is 3. The van der Waals surface area contributed by atoms with Gasteiger partial charge in [0.1, 0.15) is 0 Å². The molecule has 102 valence electrons. The first-order chi connectivity index (χ1) is 8.13. The molecule has 0 aliphatic heterocycles. The second-order valence-corrected chi connectivity index (χ2v) is 3.13. The van der Waals surface area contributed by atoms with Crippen LogP contribution >= 0.6 is 24.0 Å². The van der Waals surface area contributed by atoms with Gasteiger partial charge in [0.05, 0.1) is 0 Å². The predicted octanol–water partition coefficient (Wildman–Crippen LogP) is 1.38. The Morgan fingerprint density at radius 3 is 2.94 bits per heavy atom. The van der Waals surface area contributed by atoms with E-state index in [-0.39, 0.29) is 35.8 Å². The van der Waals surface area contributed by atoms with E-state index in [9.17, 15) is 8.78 Å². The highest BCUT2D eigenvalue weighted by Gasteiger charge is 2.08. The first-order valence-electron chi connectivity index (χ1n) is 4.94. The molecule has 3 N–H and O–H groups in total. The lowest BCUT2D eigenvalue weighted by molar-refractivity contribution is 0.0790. The lowest BCUT2D eigenvalue weighted by Gasteiger charge is -2.10. The molecule has 0 amide bonds. The van der Waals surface area contributed by atoms with Gasteiger partial charge in [0.15, 0.2) is 12.6 Å². The van der Waals surface area contributed by atoms with Crippen molar-refractivity contribution >= 4 is 29.9 Å². The minimum Gasteiger partial charge on any atom is -0.471 e. The van der Waals surface area contributed by atoms with Crippen LogP contribution in [0.15, 0.2) is 23.3 Å². The van der Waals surface area contributed by atoms with E-state index in [0.29, 0.717) is 12.1 Å². The Labute approximate surface area is 121 Å². The normalized spacial score (nSPS) is 11.0. The molecule has 0 aliphatic rings. The Bertz CT molecular complexity index is 390. The highest BCUT2D eigenvalue weighted by Crippen LogP contribution is 2.14. The fraction of sp³-hybridized carbons (Fsp3) is 0.400. The molecule has 0 saturated carbocycles. The van der Waals surface area contributed by atoms with Gasteiger partial charge in [0.2, 0.25) is 5.88 Å². The maximum atomic E-state index is 12.0. The standard InChI is InChI=1S/C10H14F2N4O.HI/c1-14-10(13)16-5-7-3-2-4-15-9(7)17-6-8(11)12;/h2-4,8H,5-6H2,1H3,(H3,13,14,16);1H. The summed E-state index contributed by atoms with van der Waals surface area (Å²) in [6.07, 6.45) is -1.05. The number of hydrogen-bond donors (Lipinski definition) is 2. The van der Waals surface area contributed by atoms with Crippen LogP contribution in [0.5, 0.6) is 5.88 Å². The zero-order valence-electron chi connectivity index (χ0n) is 9.77. The first-order valence-corrected chi connectivity index (χ1v) is 4.94. The van der Waals surface area contributed by atoms with Crippen LogP contribution in [0, 0.1) is 0 Å². The summed E-state index contributed by atoms with van der Waals surface area (Å²) in [6.45, 7) is -0.364. The molecule has 0 unspecified atom stereocenters. The number of alkyl halides is 2. The van der Waals surface area contributed by atoms with Gasteiger partial charge in [-0.3, -0.25) is 4.99 Å². The van der Waals surface area contributed by atoms with E-state index in [0.717, 1.165) is 0 Å². The number of halogens is 3. The van der Waals surface area contributed by atoms with Gasteiger partial charge in [-0.05, 0) is 6.07 Å². The van der Waals surface area contributed by atoms with Crippen molar-refractivity contribution in [3.8, 4) is 5.88 Å². The molecule has 0 spiro atoms. The third-order valence-corrected chi connectivity index (χ3v) is 1.90. The molecule has 1 rings (SSSR count). The topological polar surface area (TPSA) is 72.5 Å². The molecule has 18 heavy (non-hydrogen) atoms. The number of nitrogens with zero attached hydrogens (tertiary/aromatic N) is 2. The maximum absolute atomic E-state index is 12.0. The monoisotopic (exact) mass is 372 g/mol. The number of nitrogens with two attached hydrogens (primary N) is 1. The zero-order valence-corrected chi connectivity index (χ0v) is 12.1. The summed E-state index contributed by atoms with van der Waals surface area (Å²) in [4.78, 5) is 7.59. The van der Waals surface area contributed by atoms with Gasteiger partial charge in [0, 0.05) is 25.4 Å². The van der Waals surface area contributed by atoms with E-state index >= 15 is 0 Å². The van der Waals surface area contributed by atoms with Crippen molar-refractivity contribution in [2.75, 3.05) is 13.7 Å². The molecule has 8 heteroatoms. The van der Waals surface area contributed by atoms with Crippen LogP contribution in [-0.4, -0.2) is 31.0 Å². The summed E-state index contributed by atoms with van der Waals surface area (Å²) in [5.41, 5.74) is 6.09. The Morgan fingerprint density at radius 1 is 1.61 bits per heavy atom. The fourth-order valence-electron chi connectivity index (χ4n) is 1.10. The molecule has 1 heterocycles. The van der Waals surface area contributed by atoms with E-state index in [1.54, 1.807) is 19.2 Å². The summed E-state index contributed by atoms with van der Waals surface area (Å²) in [6, 6.07) is 3.40. The van der Waals surface area contributed by atoms with Gasteiger partial charge >= 0.3 is 0 Å². The summed E-state index contributed by atoms with van der Waals surface area (Å²) >= 11 is 0. The fourth-order valence-corrected chi connectivity index (χ4v) is 1.10. The minimum absolute atomic E-state index is 0. The second kappa shape index (κ2) is 8.84. The average Bonchev–Trinajstić information content (AvgIpc) is 2.34. The maximum Gasteiger partial charge on any atom is 0.272 e. The molecule has 0 aromatic carbocycles. The van der Waals surface area contributed by atoms with Gasteiger partial charge in [-0.15, -0.1) is 24.0 Å². The molecule has 0 fully saturated rings. The van der Waals surface area contributed by atoms with Crippen molar-refractivity contribution in [2.24, 2.45) is 10.7 Å². The highest BCUT2D eigenvalue weighted by molar-refractivity contribution is 14.0. The van der Waals surface area contributed by atoms with E-state index in [1.165, 1.54) is 6.20 Å². The molecule has 0 atom stereocenters. The molecular weight excluding hydrogens is 357 g/mol. The van der Waals surface area contributed by atoms with Crippen molar-refractivity contribution in [3.05, 3.63) is 23.9 Å². The largest absolute Gasteiger partial charge is 0.471 e. The van der Waals surface area contributed by atoms with Gasteiger partial charge in [-0.2, -0.15) is 0 Å².